The minimum absolute atomic E-state index is 0.0532. The van der Waals surface area contributed by atoms with E-state index in [1.54, 1.807) is 18.4 Å². The highest BCUT2D eigenvalue weighted by molar-refractivity contribution is 5.95. The van der Waals surface area contributed by atoms with Crippen LogP contribution in [0.3, 0.4) is 0 Å². The van der Waals surface area contributed by atoms with Crippen LogP contribution in [0.5, 0.6) is 0 Å². The quantitative estimate of drug-likeness (QED) is 0.844. The third kappa shape index (κ3) is 4.03. The van der Waals surface area contributed by atoms with E-state index in [0.717, 1.165) is 11.3 Å². The van der Waals surface area contributed by atoms with Gasteiger partial charge >= 0.3 is 0 Å². The molecular weight excluding hydrogens is 310 g/mol. The third-order valence-corrected chi connectivity index (χ3v) is 3.97. The van der Waals surface area contributed by atoms with Crippen LogP contribution >= 0.6 is 0 Å². The number of nitrogens with one attached hydrogen (secondary N) is 1. The molecule has 0 saturated carbocycles. The Balaban J connectivity index is 1.68. The molecule has 0 spiro atoms. The van der Waals surface area contributed by atoms with Crippen molar-refractivity contribution in [1.82, 2.24) is 5.32 Å². The number of benzene rings is 1. The number of aliphatic hydroxyl groups excluding tert-OH is 1. The molecule has 1 aliphatic heterocycles. The van der Waals surface area contributed by atoms with Crippen molar-refractivity contribution in [3.63, 3.8) is 0 Å². The maximum atomic E-state index is 12.6. The summed E-state index contributed by atoms with van der Waals surface area (Å²) in [6.45, 7) is 1.17. The summed E-state index contributed by atoms with van der Waals surface area (Å²) in [6.07, 6.45) is 2.04. The van der Waals surface area contributed by atoms with E-state index in [2.05, 4.69) is 5.32 Å². The Hall–Kier alpha value is -2.15. The fraction of sp³-hybridized carbons (Fsp3) is 0.389. The largest absolute Gasteiger partial charge is 0.464 e. The van der Waals surface area contributed by atoms with Gasteiger partial charge in [0.2, 0.25) is 0 Å². The number of furan rings is 1. The van der Waals surface area contributed by atoms with Gasteiger partial charge in [0.25, 0.3) is 5.91 Å². The van der Waals surface area contributed by atoms with Crippen molar-refractivity contribution in [1.29, 1.82) is 0 Å². The van der Waals surface area contributed by atoms with Crippen molar-refractivity contribution in [3.8, 4) is 11.3 Å². The van der Waals surface area contributed by atoms with Crippen molar-refractivity contribution >= 4 is 5.91 Å². The monoisotopic (exact) mass is 331 g/mol. The number of amides is 1. The van der Waals surface area contributed by atoms with Gasteiger partial charge in [0.1, 0.15) is 11.9 Å². The van der Waals surface area contributed by atoms with Crippen LogP contribution in [0, 0.1) is 0 Å². The summed E-state index contributed by atoms with van der Waals surface area (Å²) in [5.74, 6) is 0.563. The molecule has 2 heterocycles. The van der Waals surface area contributed by atoms with Crippen molar-refractivity contribution in [2.24, 2.45) is 0 Å². The third-order valence-electron chi connectivity index (χ3n) is 3.97. The van der Waals surface area contributed by atoms with Gasteiger partial charge in [0.15, 0.2) is 0 Å². The van der Waals surface area contributed by atoms with Crippen molar-refractivity contribution in [2.45, 2.75) is 18.6 Å². The molecule has 0 radical (unpaired) electrons. The molecule has 1 aromatic carbocycles. The maximum Gasteiger partial charge on any atom is 0.251 e. The first-order chi connectivity index (χ1) is 11.8. The van der Waals surface area contributed by atoms with E-state index in [9.17, 15) is 4.79 Å². The lowest BCUT2D eigenvalue weighted by Crippen LogP contribution is -2.50. The van der Waals surface area contributed by atoms with Gasteiger partial charge in [-0.25, -0.2) is 0 Å². The van der Waals surface area contributed by atoms with E-state index in [1.165, 1.54) is 0 Å². The summed E-state index contributed by atoms with van der Waals surface area (Å²) < 4.78 is 16.3. The second-order valence-electron chi connectivity index (χ2n) is 5.63. The number of rotatable bonds is 6. The molecule has 1 amide bonds. The van der Waals surface area contributed by atoms with E-state index in [-0.39, 0.29) is 31.3 Å². The summed E-state index contributed by atoms with van der Waals surface area (Å²) >= 11 is 0. The van der Waals surface area contributed by atoms with E-state index in [4.69, 9.17) is 19.0 Å². The molecule has 0 aliphatic carbocycles. The molecule has 2 N–H and O–H groups in total. The van der Waals surface area contributed by atoms with Crippen LogP contribution < -0.4 is 5.32 Å². The van der Waals surface area contributed by atoms with Crippen LogP contribution in [-0.2, 0) is 9.47 Å². The average Bonchev–Trinajstić information content (AvgIpc) is 3.16. The first-order valence-electron chi connectivity index (χ1n) is 8.03. The Bertz CT molecular complexity index is 655. The normalized spacial score (nSPS) is 20.7. The number of hydrogen-bond donors (Lipinski definition) is 2. The van der Waals surface area contributed by atoms with E-state index >= 15 is 0 Å². The molecule has 128 valence electrons. The zero-order chi connectivity index (χ0) is 16.8. The summed E-state index contributed by atoms with van der Waals surface area (Å²) in [6, 6.07) is 10.8. The fourth-order valence-electron chi connectivity index (χ4n) is 2.75. The highest BCUT2D eigenvalue weighted by Gasteiger charge is 2.28. The minimum Gasteiger partial charge on any atom is -0.464 e. The van der Waals surface area contributed by atoms with Crippen molar-refractivity contribution < 1.29 is 23.8 Å². The van der Waals surface area contributed by atoms with Crippen molar-refractivity contribution in [3.05, 3.63) is 48.2 Å². The fourth-order valence-corrected chi connectivity index (χ4v) is 2.75. The van der Waals surface area contributed by atoms with E-state index in [0.29, 0.717) is 25.2 Å². The zero-order valence-corrected chi connectivity index (χ0v) is 13.3. The van der Waals surface area contributed by atoms with E-state index < -0.39 is 0 Å². The van der Waals surface area contributed by atoms with Gasteiger partial charge in [-0.1, -0.05) is 12.1 Å². The van der Waals surface area contributed by atoms with Crippen LogP contribution in [0.15, 0.2) is 47.1 Å². The topological polar surface area (TPSA) is 80.9 Å². The molecular formula is C18H21NO5. The van der Waals surface area contributed by atoms with Crippen molar-refractivity contribution in [2.75, 3.05) is 26.4 Å². The van der Waals surface area contributed by atoms with Gasteiger partial charge in [-0.2, -0.15) is 0 Å². The molecule has 0 bridgehead atoms. The van der Waals surface area contributed by atoms with Gasteiger partial charge in [-0.3, -0.25) is 4.79 Å². The van der Waals surface area contributed by atoms with E-state index in [1.807, 2.05) is 24.3 Å². The highest BCUT2D eigenvalue weighted by atomic mass is 16.5. The predicted molar refractivity (Wildman–Crippen MR) is 87.7 cm³/mol. The van der Waals surface area contributed by atoms with Gasteiger partial charge < -0.3 is 24.3 Å². The molecule has 1 fully saturated rings. The molecule has 3 rings (SSSR count). The first-order valence-corrected chi connectivity index (χ1v) is 8.03. The van der Waals surface area contributed by atoms with Crippen LogP contribution in [0.25, 0.3) is 11.3 Å². The lowest BCUT2D eigenvalue weighted by atomic mass is 10.0. The van der Waals surface area contributed by atoms with Gasteiger partial charge in [0.05, 0.1) is 32.1 Å². The predicted octanol–water partition coefficient (Wildman–Crippen LogP) is 1.84. The molecule has 6 heteroatoms. The Morgan fingerprint density at radius 1 is 1.33 bits per heavy atom. The summed E-state index contributed by atoms with van der Waals surface area (Å²) in [7, 11) is 0. The smallest absolute Gasteiger partial charge is 0.251 e. The number of hydrogen-bond acceptors (Lipinski definition) is 5. The lowest BCUT2D eigenvalue weighted by molar-refractivity contribution is -0.0737. The summed E-state index contributed by atoms with van der Waals surface area (Å²) in [5, 5.41) is 11.9. The molecule has 1 aliphatic rings. The standard InChI is InChI=1S/C18H21NO5/c20-7-10-24-17-12-22-9-6-15(17)19-18(21)14-4-1-3-13(11-14)16-5-2-8-23-16/h1-5,8,11,15,17,20H,6-7,9-10,12H2,(H,19,21)/t15-,17-/m1/s1. The van der Waals surface area contributed by atoms with Crippen LogP contribution in [0.2, 0.25) is 0 Å². The molecule has 2 aromatic rings. The molecule has 6 nitrogen and oxygen atoms in total. The number of carbonyl (C=O) groups is 1. The maximum absolute atomic E-state index is 12.6. The Kier molecular flexibility index (Phi) is 5.63. The van der Waals surface area contributed by atoms with Gasteiger partial charge in [-0.05, 0) is 30.7 Å². The molecule has 2 atom stereocenters. The number of aliphatic hydroxyl groups is 1. The number of carbonyl (C=O) groups excluding carboxylic acids is 1. The molecule has 0 unspecified atom stereocenters. The average molecular weight is 331 g/mol. The second-order valence-corrected chi connectivity index (χ2v) is 5.63. The highest BCUT2D eigenvalue weighted by Crippen LogP contribution is 2.21. The van der Waals surface area contributed by atoms with Gasteiger partial charge in [0, 0.05) is 17.7 Å². The molecule has 1 aromatic heterocycles. The summed E-state index contributed by atoms with van der Waals surface area (Å²) in [5.41, 5.74) is 1.42. The Morgan fingerprint density at radius 3 is 3.04 bits per heavy atom. The molecule has 24 heavy (non-hydrogen) atoms. The zero-order valence-electron chi connectivity index (χ0n) is 13.3. The minimum atomic E-state index is -0.247. The Morgan fingerprint density at radius 2 is 2.25 bits per heavy atom. The lowest BCUT2D eigenvalue weighted by Gasteiger charge is -2.32. The van der Waals surface area contributed by atoms with Gasteiger partial charge in [-0.15, -0.1) is 0 Å². The SMILES string of the molecule is O=C(N[C@@H]1CCOC[C@H]1OCCO)c1cccc(-c2ccco2)c1. The Labute approximate surface area is 140 Å². The van der Waals surface area contributed by atoms with Crippen LogP contribution in [-0.4, -0.2) is 49.6 Å². The number of ether oxygens (including phenoxy) is 2. The van der Waals surface area contributed by atoms with Crippen LogP contribution in [0.1, 0.15) is 16.8 Å². The summed E-state index contributed by atoms with van der Waals surface area (Å²) in [4.78, 5) is 12.6. The van der Waals surface area contributed by atoms with Crippen LogP contribution in [0.4, 0.5) is 0 Å². The first kappa shape index (κ1) is 16.7. The molecule has 1 saturated heterocycles. The second kappa shape index (κ2) is 8.10.